The van der Waals surface area contributed by atoms with Gasteiger partial charge in [0, 0.05) is 12.6 Å². The molecule has 0 saturated carbocycles. The van der Waals surface area contributed by atoms with Gasteiger partial charge in [-0.15, -0.1) is 0 Å². The van der Waals surface area contributed by atoms with Crippen molar-refractivity contribution < 1.29 is 4.74 Å². The van der Waals surface area contributed by atoms with Crippen molar-refractivity contribution >= 4 is 15.9 Å². The third kappa shape index (κ3) is 3.13. The van der Waals surface area contributed by atoms with E-state index in [-0.39, 0.29) is 11.6 Å². The molecule has 0 radical (unpaired) electrons. The molecular formula is C13H24BrN3O. The minimum Gasteiger partial charge on any atom is -0.374 e. The largest absolute Gasteiger partial charge is 0.374 e. The van der Waals surface area contributed by atoms with E-state index in [0.717, 1.165) is 10.2 Å². The zero-order valence-electron chi connectivity index (χ0n) is 12.1. The molecule has 0 aliphatic rings. The summed E-state index contributed by atoms with van der Waals surface area (Å²) >= 11 is 3.59. The summed E-state index contributed by atoms with van der Waals surface area (Å²) in [5.74, 6) is 0. The molecule has 1 aromatic rings. The number of hydrogen-bond donors (Lipinski definition) is 1. The molecule has 4 nitrogen and oxygen atoms in total. The number of halogens is 1. The van der Waals surface area contributed by atoms with E-state index in [1.54, 1.807) is 0 Å². The van der Waals surface area contributed by atoms with Crippen LogP contribution in [0.15, 0.2) is 10.7 Å². The van der Waals surface area contributed by atoms with Gasteiger partial charge in [0.15, 0.2) is 0 Å². The summed E-state index contributed by atoms with van der Waals surface area (Å²) in [5.41, 5.74) is 0.838. The molecule has 5 heteroatoms. The van der Waals surface area contributed by atoms with Crippen LogP contribution < -0.4 is 5.32 Å². The molecule has 104 valence electrons. The summed E-state index contributed by atoms with van der Waals surface area (Å²) in [6, 6.07) is 0.399. The van der Waals surface area contributed by atoms with Gasteiger partial charge in [-0.1, -0.05) is 0 Å². The van der Waals surface area contributed by atoms with E-state index in [1.165, 1.54) is 0 Å². The van der Waals surface area contributed by atoms with E-state index >= 15 is 0 Å². The Balaban J connectivity index is 3.20. The third-order valence-electron chi connectivity index (χ3n) is 3.05. The molecule has 1 unspecified atom stereocenters. The number of nitrogens with one attached hydrogen (secondary N) is 1. The Bertz CT molecular complexity index is 388. The highest BCUT2D eigenvalue weighted by atomic mass is 79.9. The number of nitrogens with zero attached hydrogens (tertiary/aromatic N) is 2. The van der Waals surface area contributed by atoms with Gasteiger partial charge < -0.3 is 10.1 Å². The monoisotopic (exact) mass is 317 g/mol. The van der Waals surface area contributed by atoms with E-state index in [9.17, 15) is 0 Å². The molecular weight excluding hydrogens is 294 g/mol. The molecule has 1 atom stereocenters. The maximum atomic E-state index is 5.87. The molecule has 0 aliphatic carbocycles. The third-order valence-corrected chi connectivity index (χ3v) is 3.66. The van der Waals surface area contributed by atoms with Crippen LogP contribution in [0.5, 0.6) is 0 Å². The Morgan fingerprint density at radius 2 is 2.11 bits per heavy atom. The quantitative estimate of drug-likeness (QED) is 0.875. The number of likely N-dealkylation sites (N-methyl/N-ethyl adjacent to an activating group) is 1. The van der Waals surface area contributed by atoms with Crippen molar-refractivity contribution in [3.63, 3.8) is 0 Å². The van der Waals surface area contributed by atoms with Crippen LogP contribution in [-0.2, 0) is 4.74 Å². The molecule has 0 saturated heterocycles. The highest BCUT2D eigenvalue weighted by Crippen LogP contribution is 2.34. The molecule has 1 heterocycles. The number of aromatic nitrogens is 2. The van der Waals surface area contributed by atoms with Crippen LogP contribution in [0.25, 0.3) is 0 Å². The molecule has 0 aliphatic heterocycles. The van der Waals surface area contributed by atoms with Gasteiger partial charge in [-0.3, -0.25) is 4.68 Å². The van der Waals surface area contributed by atoms with Gasteiger partial charge in [-0.05, 0) is 57.6 Å². The summed E-state index contributed by atoms with van der Waals surface area (Å²) in [6.45, 7) is 11.2. The Kier molecular flexibility index (Phi) is 5.37. The van der Waals surface area contributed by atoms with Crippen molar-refractivity contribution in [2.24, 2.45) is 0 Å². The van der Waals surface area contributed by atoms with Crippen LogP contribution in [0.1, 0.15) is 52.4 Å². The smallest absolute Gasteiger partial charge is 0.0835 e. The molecule has 1 rings (SSSR count). The van der Waals surface area contributed by atoms with E-state index in [4.69, 9.17) is 4.74 Å². The molecule has 0 aromatic carbocycles. The Labute approximate surface area is 118 Å². The summed E-state index contributed by atoms with van der Waals surface area (Å²) in [7, 11) is 1.95. The van der Waals surface area contributed by atoms with E-state index in [1.807, 2.05) is 24.9 Å². The lowest BCUT2D eigenvalue weighted by Gasteiger charge is -2.35. The first-order valence-electron chi connectivity index (χ1n) is 6.39. The Morgan fingerprint density at radius 3 is 2.56 bits per heavy atom. The zero-order chi connectivity index (χ0) is 13.9. The highest BCUT2D eigenvalue weighted by Gasteiger charge is 2.34. The number of ether oxygens (including phenoxy) is 1. The average Bonchev–Trinajstić information content (AvgIpc) is 2.61. The van der Waals surface area contributed by atoms with Crippen LogP contribution in [0.3, 0.4) is 0 Å². The van der Waals surface area contributed by atoms with Crippen molar-refractivity contribution in [3.8, 4) is 0 Å². The lowest BCUT2D eigenvalue weighted by molar-refractivity contribution is -0.0398. The zero-order valence-corrected chi connectivity index (χ0v) is 13.7. The fourth-order valence-corrected chi connectivity index (χ4v) is 2.80. The molecule has 0 spiro atoms. The second-order valence-corrected chi connectivity index (χ2v) is 6.03. The lowest BCUT2D eigenvalue weighted by Crippen LogP contribution is -2.41. The van der Waals surface area contributed by atoms with Crippen molar-refractivity contribution in [3.05, 3.63) is 16.4 Å². The summed E-state index contributed by atoms with van der Waals surface area (Å²) in [6.07, 6.45) is 1.85. The van der Waals surface area contributed by atoms with Gasteiger partial charge >= 0.3 is 0 Å². The fraction of sp³-hybridized carbons (Fsp3) is 0.769. The average molecular weight is 318 g/mol. The SMILES string of the molecule is CCOC(C)(C)C(NC)c1c(Br)cnn1C(C)C. The van der Waals surface area contributed by atoms with Crippen LogP contribution in [-0.4, -0.2) is 29.0 Å². The van der Waals surface area contributed by atoms with Crippen molar-refractivity contribution in [1.29, 1.82) is 0 Å². The van der Waals surface area contributed by atoms with Gasteiger partial charge in [0.25, 0.3) is 0 Å². The molecule has 18 heavy (non-hydrogen) atoms. The normalized spacial score (nSPS) is 14.2. The fourth-order valence-electron chi connectivity index (χ4n) is 2.30. The maximum Gasteiger partial charge on any atom is 0.0835 e. The Hall–Kier alpha value is -0.390. The highest BCUT2D eigenvalue weighted by molar-refractivity contribution is 9.10. The van der Waals surface area contributed by atoms with Gasteiger partial charge in [-0.25, -0.2) is 0 Å². The predicted molar refractivity (Wildman–Crippen MR) is 77.8 cm³/mol. The van der Waals surface area contributed by atoms with Crippen LogP contribution in [0.4, 0.5) is 0 Å². The summed E-state index contributed by atoms with van der Waals surface area (Å²) < 4.78 is 8.92. The van der Waals surface area contributed by atoms with Crippen LogP contribution in [0.2, 0.25) is 0 Å². The number of rotatable bonds is 6. The molecule has 1 N–H and O–H groups in total. The van der Waals surface area contributed by atoms with Crippen molar-refractivity contribution in [2.75, 3.05) is 13.7 Å². The van der Waals surface area contributed by atoms with Crippen molar-refractivity contribution in [1.82, 2.24) is 15.1 Å². The van der Waals surface area contributed by atoms with Crippen molar-refractivity contribution in [2.45, 2.75) is 52.3 Å². The van der Waals surface area contributed by atoms with E-state index in [0.29, 0.717) is 12.6 Å². The van der Waals surface area contributed by atoms with E-state index in [2.05, 4.69) is 54.0 Å². The first-order valence-corrected chi connectivity index (χ1v) is 7.18. The van der Waals surface area contributed by atoms with Gasteiger partial charge in [-0.2, -0.15) is 5.10 Å². The maximum absolute atomic E-state index is 5.87. The molecule has 0 bridgehead atoms. The van der Waals surface area contributed by atoms with Crippen LogP contribution in [0, 0.1) is 0 Å². The molecule has 0 amide bonds. The molecule has 1 aromatic heterocycles. The first-order chi connectivity index (χ1) is 8.35. The topological polar surface area (TPSA) is 39.1 Å². The lowest BCUT2D eigenvalue weighted by atomic mass is 9.95. The number of hydrogen-bond acceptors (Lipinski definition) is 3. The Morgan fingerprint density at radius 1 is 1.50 bits per heavy atom. The standard InChI is InChI=1S/C13H24BrN3O/c1-7-18-13(4,5)12(15-6)11-10(14)8-16-17(11)9(2)3/h8-9,12,15H,7H2,1-6H3. The van der Waals surface area contributed by atoms with Gasteiger partial charge in [0.05, 0.1) is 28.0 Å². The van der Waals surface area contributed by atoms with E-state index < -0.39 is 0 Å². The second kappa shape index (κ2) is 6.17. The summed E-state index contributed by atoms with van der Waals surface area (Å²) in [4.78, 5) is 0. The minimum absolute atomic E-state index is 0.0803. The predicted octanol–water partition coefficient (Wildman–Crippen LogP) is 3.30. The van der Waals surface area contributed by atoms with Gasteiger partial charge in [0.2, 0.25) is 0 Å². The van der Waals surface area contributed by atoms with Crippen LogP contribution >= 0.6 is 15.9 Å². The molecule has 0 fully saturated rings. The van der Waals surface area contributed by atoms with Gasteiger partial charge in [0.1, 0.15) is 0 Å². The second-order valence-electron chi connectivity index (χ2n) is 5.17. The first kappa shape index (κ1) is 15.7. The minimum atomic E-state index is -0.293. The summed E-state index contributed by atoms with van der Waals surface area (Å²) in [5, 5.41) is 7.78.